The van der Waals surface area contributed by atoms with E-state index in [-0.39, 0.29) is 18.2 Å². The maximum absolute atomic E-state index is 14.3. The van der Waals surface area contributed by atoms with Crippen LogP contribution in [0.4, 0.5) is 9.18 Å². The number of amides is 1. The number of methoxy groups -OCH3 is 1. The van der Waals surface area contributed by atoms with E-state index in [0.29, 0.717) is 29.3 Å². The van der Waals surface area contributed by atoms with Crippen LogP contribution in [0.2, 0.25) is 0 Å². The van der Waals surface area contributed by atoms with Gasteiger partial charge >= 0.3 is 6.09 Å². The number of nitrogens with one attached hydrogen (secondary N) is 1. The topological polar surface area (TPSA) is 117 Å². The lowest BCUT2D eigenvalue weighted by molar-refractivity contribution is 0.0523. The van der Waals surface area contributed by atoms with Crippen molar-refractivity contribution >= 4 is 6.09 Å². The molecular weight excluding hydrogens is 455 g/mol. The minimum atomic E-state index is -0.562. The third kappa shape index (κ3) is 5.69. The molecule has 0 aliphatic heterocycles. The Morgan fingerprint density at radius 1 is 1.14 bits per heavy atom. The fourth-order valence-electron chi connectivity index (χ4n) is 3.25. The van der Waals surface area contributed by atoms with E-state index in [4.69, 9.17) is 14.0 Å². The number of para-hydroxylation sites is 1. The Balaban J connectivity index is 1.52. The Labute approximate surface area is 201 Å². The number of benzene rings is 2. The molecule has 10 nitrogen and oxygen atoms in total. The molecule has 2 aromatic heterocycles. The predicted octanol–water partition coefficient (Wildman–Crippen LogP) is 4.29. The minimum absolute atomic E-state index is 0.105. The van der Waals surface area contributed by atoms with Crippen LogP contribution in [0.25, 0.3) is 28.7 Å². The third-order valence-corrected chi connectivity index (χ3v) is 4.80. The first kappa shape index (κ1) is 24.0. The molecule has 0 atom stereocenters. The van der Waals surface area contributed by atoms with Crippen molar-refractivity contribution in [2.75, 3.05) is 7.11 Å². The van der Waals surface area contributed by atoms with Crippen LogP contribution in [0.1, 0.15) is 32.0 Å². The molecule has 0 unspecified atom stereocenters. The van der Waals surface area contributed by atoms with Crippen molar-refractivity contribution < 1.29 is 23.2 Å². The summed E-state index contributed by atoms with van der Waals surface area (Å²) in [5.74, 6) is 0.0227. The standard InChI is InChI=1S/C24H25FN6O4/c1-24(2,3)34-23(32)26-13-15-9-11-16(12-10-15)21-27-22(35-29-21)20-19(14-33-4)31(30-28-20)18-8-6-5-7-17(18)25/h5-12H,13-14H2,1-4H3,(H,26,32). The van der Waals surface area contributed by atoms with Crippen LogP contribution in [0.15, 0.2) is 53.1 Å². The van der Waals surface area contributed by atoms with Gasteiger partial charge in [-0.25, -0.2) is 13.9 Å². The van der Waals surface area contributed by atoms with Gasteiger partial charge in [-0.05, 0) is 38.5 Å². The zero-order valence-corrected chi connectivity index (χ0v) is 19.8. The molecule has 2 heterocycles. The number of rotatable bonds is 7. The van der Waals surface area contributed by atoms with Crippen LogP contribution >= 0.6 is 0 Å². The second-order valence-corrected chi connectivity index (χ2v) is 8.66. The van der Waals surface area contributed by atoms with Gasteiger partial charge in [0.2, 0.25) is 5.82 Å². The first-order chi connectivity index (χ1) is 16.7. The Morgan fingerprint density at radius 3 is 2.57 bits per heavy atom. The summed E-state index contributed by atoms with van der Waals surface area (Å²) in [5, 5.41) is 14.9. The molecule has 0 spiro atoms. The summed E-state index contributed by atoms with van der Waals surface area (Å²) in [5.41, 5.74) is 2.01. The monoisotopic (exact) mass is 480 g/mol. The van der Waals surface area contributed by atoms with Crippen molar-refractivity contribution in [2.24, 2.45) is 0 Å². The SMILES string of the molecule is COCc1c(-c2nc(-c3ccc(CNC(=O)OC(C)(C)C)cc3)no2)nnn1-c1ccccc1F. The van der Waals surface area contributed by atoms with Gasteiger partial charge in [-0.2, -0.15) is 4.98 Å². The summed E-state index contributed by atoms with van der Waals surface area (Å²) in [7, 11) is 1.51. The van der Waals surface area contributed by atoms with Gasteiger partial charge in [0.15, 0.2) is 5.69 Å². The van der Waals surface area contributed by atoms with E-state index in [1.807, 2.05) is 24.3 Å². The third-order valence-electron chi connectivity index (χ3n) is 4.80. The molecule has 0 saturated heterocycles. The van der Waals surface area contributed by atoms with E-state index in [9.17, 15) is 9.18 Å². The smallest absolute Gasteiger partial charge is 0.407 e. The normalized spacial score (nSPS) is 11.5. The Morgan fingerprint density at radius 2 is 1.89 bits per heavy atom. The number of hydrogen-bond acceptors (Lipinski definition) is 8. The van der Waals surface area contributed by atoms with Gasteiger partial charge in [0.1, 0.15) is 22.8 Å². The van der Waals surface area contributed by atoms with Gasteiger partial charge in [-0.15, -0.1) is 5.10 Å². The van der Waals surface area contributed by atoms with E-state index >= 15 is 0 Å². The lowest BCUT2D eigenvalue weighted by atomic mass is 10.1. The van der Waals surface area contributed by atoms with Gasteiger partial charge in [-0.1, -0.05) is 46.8 Å². The molecule has 4 rings (SSSR count). The summed E-state index contributed by atoms with van der Waals surface area (Å²) in [4.78, 5) is 16.3. The highest BCUT2D eigenvalue weighted by molar-refractivity contribution is 5.67. The largest absolute Gasteiger partial charge is 0.444 e. The first-order valence-electron chi connectivity index (χ1n) is 10.8. The summed E-state index contributed by atoms with van der Waals surface area (Å²) in [6, 6.07) is 13.5. The molecule has 35 heavy (non-hydrogen) atoms. The lowest BCUT2D eigenvalue weighted by Crippen LogP contribution is -2.32. The highest BCUT2D eigenvalue weighted by atomic mass is 19.1. The summed E-state index contributed by atoms with van der Waals surface area (Å²) < 4.78 is 31.6. The molecule has 0 saturated carbocycles. The van der Waals surface area contributed by atoms with Gasteiger partial charge < -0.3 is 19.3 Å². The van der Waals surface area contributed by atoms with Crippen molar-refractivity contribution in [1.82, 2.24) is 30.5 Å². The Kier molecular flexibility index (Phi) is 6.87. The molecule has 0 bridgehead atoms. The molecule has 0 fully saturated rings. The number of ether oxygens (including phenoxy) is 2. The van der Waals surface area contributed by atoms with E-state index in [2.05, 4.69) is 25.8 Å². The fourth-order valence-corrected chi connectivity index (χ4v) is 3.25. The summed E-state index contributed by atoms with van der Waals surface area (Å²) in [6.45, 7) is 5.83. The zero-order chi connectivity index (χ0) is 25.0. The van der Waals surface area contributed by atoms with Crippen molar-refractivity contribution in [2.45, 2.75) is 39.5 Å². The Bertz CT molecular complexity index is 1310. The van der Waals surface area contributed by atoms with E-state index < -0.39 is 17.5 Å². The molecular formula is C24H25FN6O4. The van der Waals surface area contributed by atoms with Crippen LogP contribution in [-0.4, -0.2) is 43.9 Å². The van der Waals surface area contributed by atoms with E-state index in [1.54, 1.807) is 39.0 Å². The molecule has 182 valence electrons. The van der Waals surface area contributed by atoms with Crippen LogP contribution in [0, 0.1) is 5.82 Å². The zero-order valence-electron chi connectivity index (χ0n) is 19.8. The molecule has 0 radical (unpaired) electrons. The van der Waals surface area contributed by atoms with Crippen molar-refractivity contribution in [3.05, 3.63) is 65.6 Å². The molecule has 2 aromatic carbocycles. The van der Waals surface area contributed by atoms with Gasteiger partial charge in [0, 0.05) is 19.2 Å². The molecule has 11 heteroatoms. The molecule has 1 amide bonds. The number of carbonyl (C=O) groups is 1. The quantitative estimate of drug-likeness (QED) is 0.416. The fraction of sp³-hybridized carbons (Fsp3) is 0.292. The number of aromatic nitrogens is 5. The maximum Gasteiger partial charge on any atom is 0.407 e. The second kappa shape index (κ2) is 10.0. The van der Waals surface area contributed by atoms with Crippen LogP contribution in [-0.2, 0) is 22.6 Å². The maximum atomic E-state index is 14.3. The minimum Gasteiger partial charge on any atom is -0.444 e. The summed E-state index contributed by atoms with van der Waals surface area (Å²) >= 11 is 0. The van der Waals surface area contributed by atoms with Gasteiger partial charge in [0.25, 0.3) is 5.89 Å². The number of hydrogen-bond donors (Lipinski definition) is 1. The molecule has 4 aromatic rings. The van der Waals surface area contributed by atoms with Crippen LogP contribution < -0.4 is 5.32 Å². The van der Waals surface area contributed by atoms with Crippen molar-refractivity contribution in [1.29, 1.82) is 0 Å². The molecule has 0 aliphatic carbocycles. The van der Waals surface area contributed by atoms with Gasteiger partial charge in [0.05, 0.1) is 6.61 Å². The van der Waals surface area contributed by atoms with E-state index in [1.165, 1.54) is 17.9 Å². The van der Waals surface area contributed by atoms with Crippen LogP contribution in [0.5, 0.6) is 0 Å². The second-order valence-electron chi connectivity index (χ2n) is 8.66. The van der Waals surface area contributed by atoms with E-state index in [0.717, 1.165) is 5.56 Å². The molecule has 1 N–H and O–H groups in total. The van der Waals surface area contributed by atoms with Crippen molar-refractivity contribution in [3.63, 3.8) is 0 Å². The average molecular weight is 481 g/mol. The van der Waals surface area contributed by atoms with Gasteiger partial charge in [-0.3, -0.25) is 0 Å². The number of carbonyl (C=O) groups excluding carboxylic acids is 1. The Hall–Kier alpha value is -4.12. The number of alkyl carbamates (subject to hydrolysis) is 1. The molecule has 0 aliphatic rings. The number of halogens is 1. The predicted molar refractivity (Wildman–Crippen MR) is 124 cm³/mol. The average Bonchev–Trinajstić information content (AvgIpc) is 3.45. The van der Waals surface area contributed by atoms with Crippen molar-refractivity contribution in [3.8, 4) is 28.7 Å². The lowest BCUT2D eigenvalue weighted by Gasteiger charge is -2.19. The highest BCUT2D eigenvalue weighted by Crippen LogP contribution is 2.26. The highest BCUT2D eigenvalue weighted by Gasteiger charge is 2.23. The number of nitrogens with zero attached hydrogens (tertiary/aromatic N) is 5. The first-order valence-corrected chi connectivity index (χ1v) is 10.8. The van der Waals surface area contributed by atoms with Crippen LogP contribution in [0.3, 0.4) is 0 Å². The summed E-state index contributed by atoms with van der Waals surface area (Å²) in [6.07, 6.45) is -0.486.